The van der Waals surface area contributed by atoms with Crippen molar-refractivity contribution in [3.05, 3.63) is 12.2 Å². The largest absolute Gasteiger partial charge is 0.481 e. The number of amides is 1. The summed E-state index contributed by atoms with van der Waals surface area (Å²) in [5.41, 5.74) is -0.749. The number of allylic oxidation sites excluding steroid dienone is 2. The maximum Gasteiger partial charge on any atom is 0.311 e. The van der Waals surface area contributed by atoms with E-state index in [1.54, 1.807) is 11.8 Å². The van der Waals surface area contributed by atoms with E-state index in [9.17, 15) is 9.59 Å². The SMILES string of the molecule is CC1(C(=O)O)CCN(C(=O)CC2C=CCC2)C1. The van der Waals surface area contributed by atoms with Crippen LogP contribution in [0.2, 0.25) is 0 Å². The molecule has 4 heteroatoms. The lowest BCUT2D eigenvalue weighted by atomic mass is 9.90. The molecule has 1 aliphatic carbocycles. The lowest BCUT2D eigenvalue weighted by Crippen LogP contribution is -2.35. The molecule has 2 rings (SSSR count). The van der Waals surface area contributed by atoms with E-state index in [1.165, 1.54) is 0 Å². The van der Waals surface area contributed by atoms with Crippen molar-refractivity contribution in [3.63, 3.8) is 0 Å². The van der Waals surface area contributed by atoms with Gasteiger partial charge in [-0.3, -0.25) is 9.59 Å². The van der Waals surface area contributed by atoms with E-state index in [2.05, 4.69) is 12.2 Å². The van der Waals surface area contributed by atoms with Crippen LogP contribution in [0.25, 0.3) is 0 Å². The molecule has 1 aliphatic heterocycles. The van der Waals surface area contributed by atoms with Crippen LogP contribution in [0.1, 0.15) is 32.6 Å². The van der Waals surface area contributed by atoms with Gasteiger partial charge in [0.05, 0.1) is 5.41 Å². The number of hydrogen-bond donors (Lipinski definition) is 1. The van der Waals surface area contributed by atoms with Crippen molar-refractivity contribution in [1.82, 2.24) is 4.90 Å². The first-order chi connectivity index (χ1) is 8.01. The molecule has 94 valence electrons. The predicted molar refractivity (Wildman–Crippen MR) is 63.4 cm³/mol. The van der Waals surface area contributed by atoms with Gasteiger partial charge in [-0.1, -0.05) is 12.2 Å². The van der Waals surface area contributed by atoms with Crippen LogP contribution >= 0.6 is 0 Å². The van der Waals surface area contributed by atoms with E-state index in [0.29, 0.717) is 31.8 Å². The van der Waals surface area contributed by atoms with Crippen molar-refractivity contribution in [3.8, 4) is 0 Å². The fourth-order valence-electron chi connectivity index (χ4n) is 2.57. The average Bonchev–Trinajstić information content (AvgIpc) is 2.88. The van der Waals surface area contributed by atoms with Gasteiger partial charge in [0.25, 0.3) is 0 Å². The van der Waals surface area contributed by atoms with Gasteiger partial charge in [-0.05, 0) is 32.1 Å². The Balaban J connectivity index is 1.89. The zero-order valence-electron chi connectivity index (χ0n) is 10.2. The smallest absolute Gasteiger partial charge is 0.311 e. The van der Waals surface area contributed by atoms with Gasteiger partial charge in [0.1, 0.15) is 0 Å². The Morgan fingerprint density at radius 3 is 2.82 bits per heavy atom. The van der Waals surface area contributed by atoms with Gasteiger partial charge in [0.15, 0.2) is 0 Å². The molecule has 1 heterocycles. The van der Waals surface area contributed by atoms with Crippen LogP contribution in [0.5, 0.6) is 0 Å². The summed E-state index contributed by atoms with van der Waals surface area (Å²) in [4.78, 5) is 24.8. The molecule has 2 aliphatic rings. The highest BCUT2D eigenvalue weighted by Gasteiger charge is 2.42. The van der Waals surface area contributed by atoms with Crippen LogP contribution in [-0.4, -0.2) is 35.0 Å². The lowest BCUT2D eigenvalue weighted by Gasteiger charge is -2.21. The summed E-state index contributed by atoms with van der Waals surface area (Å²) in [6, 6.07) is 0. The molecule has 1 N–H and O–H groups in total. The van der Waals surface area contributed by atoms with E-state index < -0.39 is 11.4 Å². The van der Waals surface area contributed by atoms with Crippen molar-refractivity contribution < 1.29 is 14.7 Å². The molecule has 2 unspecified atom stereocenters. The quantitative estimate of drug-likeness (QED) is 0.759. The molecule has 0 spiro atoms. The monoisotopic (exact) mass is 237 g/mol. The van der Waals surface area contributed by atoms with Crippen LogP contribution in [0.3, 0.4) is 0 Å². The highest BCUT2D eigenvalue weighted by Crippen LogP contribution is 2.31. The van der Waals surface area contributed by atoms with Gasteiger partial charge < -0.3 is 10.0 Å². The van der Waals surface area contributed by atoms with Crippen LogP contribution in [-0.2, 0) is 9.59 Å². The minimum Gasteiger partial charge on any atom is -0.481 e. The molecule has 1 saturated heterocycles. The van der Waals surface area contributed by atoms with Crippen LogP contribution in [0.15, 0.2) is 12.2 Å². The third-order valence-electron chi connectivity index (χ3n) is 3.89. The first kappa shape index (κ1) is 12.1. The fourth-order valence-corrected chi connectivity index (χ4v) is 2.57. The Labute approximate surface area is 101 Å². The number of carboxylic acids is 1. The molecule has 1 fully saturated rings. The number of rotatable bonds is 3. The molecule has 0 aromatic heterocycles. The van der Waals surface area contributed by atoms with Crippen molar-refractivity contribution >= 4 is 11.9 Å². The summed E-state index contributed by atoms with van der Waals surface area (Å²) in [7, 11) is 0. The Morgan fingerprint density at radius 1 is 1.53 bits per heavy atom. The second-order valence-electron chi connectivity index (χ2n) is 5.40. The van der Waals surface area contributed by atoms with E-state index in [-0.39, 0.29) is 5.91 Å². The zero-order valence-corrected chi connectivity index (χ0v) is 10.2. The second kappa shape index (κ2) is 4.51. The number of hydrogen-bond acceptors (Lipinski definition) is 2. The van der Waals surface area contributed by atoms with E-state index in [0.717, 1.165) is 12.8 Å². The summed E-state index contributed by atoms with van der Waals surface area (Å²) in [5.74, 6) is -0.334. The maximum absolute atomic E-state index is 12.0. The molecule has 0 bridgehead atoms. The molecule has 1 amide bonds. The summed E-state index contributed by atoms with van der Waals surface area (Å²) >= 11 is 0. The maximum atomic E-state index is 12.0. The van der Waals surface area contributed by atoms with Gasteiger partial charge in [-0.15, -0.1) is 0 Å². The van der Waals surface area contributed by atoms with E-state index >= 15 is 0 Å². The molecule has 4 nitrogen and oxygen atoms in total. The summed E-state index contributed by atoms with van der Waals surface area (Å²) < 4.78 is 0. The van der Waals surface area contributed by atoms with Crippen molar-refractivity contribution in [2.45, 2.75) is 32.6 Å². The van der Waals surface area contributed by atoms with Crippen molar-refractivity contribution in [2.75, 3.05) is 13.1 Å². The van der Waals surface area contributed by atoms with Gasteiger partial charge in [0.2, 0.25) is 5.91 Å². The molecule has 0 aromatic rings. The van der Waals surface area contributed by atoms with Crippen LogP contribution in [0.4, 0.5) is 0 Å². The van der Waals surface area contributed by atoms with E-state index in [1.807, 2.05) is 0 Å². The standard InChI is InChI=1S/C13H19NO3/c1-13(12(16)17)6-7-14(9-13)11(15)8-10-4-2-3-5-10/h2,4,10H,3,5-9H2,1H3,(H,16,17). The van der Waals surface area contributed by atoms with Gasteiger partial charge in [0, 0.05) is 19.5 Å². The van der Waals surface area contributed by atoms with Crippen molar-refractivity contribution in [2.24, 2.45) is 11.3 Å². The number of carbonyl (C=O) groups excluding carboxylic acids is 1. The van der Waals surface area contributed by atoms with E-state index in [4.69, 9.17) is 5.11 Å². The number of nitrogens with zero attached hydrogens (tertiary/aromatic N) is 1. The lowest BCUT2D eigenvalue weighted by molar-refractivity contribution is -0.147. The molecular formula is C13H19NO3. The molecule has 0 aromatic carbocycles. The van der Waals surface area contributed by atoms with Gasteiger partial charge in [-0.25, -0.2) is 0 Å². The first-order valence-electron chi connectivity index (χ1n) is 6.19. The summed E-state index contributed by atoms with van der Waals surface area (Å²) in [6.45, 7) is 2.66. The normalized spacial score (nSPS) is 32.1. The third kappa shape index (κ3) is 2.51. The van der Waals surface area contributed by atoms with Gasteiger partial charge >= 0.3 is 5.97 Å². The molecule has 2 atom stereocenters. The van der Waals surface area contributed by atoms with Crippen molar-refractivity contribution in [1.29, 1.82) is 0 Å². The number of aliphatic carboxylic acids is 1. The Morgan fingerprint density at radius 2 is 2.29 bits per heavy atom. The molecule has 17 heavy (non-hydrogen) atoms. The average molecular weight is 237 g/mol. The van der Waals surface area contributed by atoms with Crippen LogP contribution < -0.4 is 0 Å². The molecule has 0 radical (unpaired) electrons. The summed E-state index contributed by atoms with van der Waals surface area (Å²) in [6.07, 6.45) is 7.43. The Kier molecular flexibility index (Phi) is 3.22. The zero-order chi connectivity index (χ0) is 12.5. The molecular weight excluding hydrogens is 218 g/mol. The predicted octanol–water partition coefficient (Wildman–Crippen LogP) is 1.67. The first-order valence-corrected chi connectivity index (χ1v) is 6.19. The number of likely N-dealkylation sites (tertiary alicyclic amines) is 1. The highest BCUT2D eigenvalue weighted by atomic mass is 16.4. The number of carbonyl (C=O) groups is 2. The van der Waals surface area contributed by atoms with Gasteiger partial charge in [-0.2, -0.15) is 0 Å². The Hall–Kier alpha value is -1.32. The topological polar surface area (TPSA) is 57.6 Å². The van der Waals surface area contributed by atoms with Crippen LogP contribution in [0, 0.1) is 11.3 Å². The fraction of sp³-hybridized carbons (Fsp3) is 0.692. The highest BCUT2D eigenvalue weighted by molar-refractivity contribution is 5.80. The Bertz CT molecular complexity index is 364. The minimum absolute atomic E-state index is 0.103. The second-order valence-corrected chi connectivity index (χ2v) is 5.40. The summed E-state index contributed by atoms with van der Waals surface area (Å²) in [5, 5.41) is 9.11. The minimum atomic E-state index is -0.798. The molecule has 0 saturated carbocycles. The number of carboxylic acid groups (broad SMARTS) is 1. The third-order valence-corrected chi connectivity index (χ3v) is 3.89.